The molecule has 0 saturated heterocycles. The van der Waals surface area contributed by atoms with Crippen molar-refractivity contribution >= 4 is 28.1 Å². The number of halogens is 1. The molecule has 0 atom stereocenters. The first-order valence-corrected chi connectivity index (χ1v) is 5.91. The van der Waals surface area contributed by atoms with Gasteiger partial charge in [-0.2, -0.15) is 0 Å². The third kappa shape index (κ3) is 4.19. The third-order valence-corrected chi connectivity index (χ3v) is 2.90. The minimum absolute atomic E-state index is 0.0118. The standard InChI is InChI=1S/C12H14BrNO3/c1-14(2)12(16)5-6-17-10-3-4-11(13)9(7-10)8-15/h3-4,7-8H,5-6H2,1-2H3. The molecule has 0 aromatic heterocycles. The predicted molar refractivity (Wildman–Crippen MR) is 68.3 cm³/mol. The zero-order chi connectivity index (χ0) is 12.8. The van der Waals surface area contributed by atoms with Crippen LogP contribution in [0.3, 0.4) is 0 Å². The number of amides is 1. The molecule has 1 amide bonds. The van der Waals surface area contributed by atoms with Gasteiger partial charge in [-0.25, -0.2) is 0 Å². The van der Waals surface area contributed by atoms with Crippen LogP contribution in [0.5, 0.6) is 5.75 Å². The average Bonchev–Trinajstić information content (AvgIpc) is 2.31. The van der Waals surface area contributed by atoms with E-state index in [2.05, 4.69) is 15.9 Å². The van der Waals surface area contributed by atoms with Gasteiger partial charge in [0.2, 0.25) is 5.91 Å². The maximum absolute atomic E-state index is 11.3. The number of aldehydes is 1. The molecular formula is C12H14BrNO3. The predicted octanol–water partition coefficient (Wildman–Crippen LogP) is 2.12. The summed E-state index contributed by atoms with van der Waals surface area (Å²) in [6, 6.07) is 5.13. The molecule has 1 aromatic carbocycles. The first kappa shape index (κ1) is 13.7. The first-order valence-electron chi connectivity index (χ1n) is 5.12. The van der Waals surface area contributed by atoms with Gasteiger partial charge in [0.25, 0.3) is 0 Å². The number of carbonyl (C=O) groups excluding carboxylic acids is 2. The van der Waals surface area contributed by atoms with Crippen molar-refractivity contribution in [3.63, 3.8) is 0 Å². The molecule has 1 aromatic rings. The Balaban J connectivity index is 2.52. The van der Waals surface area contributed by atoms with Crippen LogP contribution < -0.4 is 4.74 Å². The lowest BCUT2D eigenvalue weighted by molar-refractivity contribution is -0.129. The van der Waals surface area contributed by atoms with Crippen LogP contribution in [0.25, 0.3) is 0 Å². The number of hydrogen-bond donors (Lipinski definition) is 0. The van der Waals surface area contributed by atoms with E-state index >= 15 is 0 Å². The monoisotopic (exact) mass is 299 g/mol. The Morgan fingerprint density at radius 3 is 2.76 bits per heavy atom. The molecule has 0 aliphatic rings. The summed E-state index contributed by atoms with van der Waals surface area (Å²) in [6.07, 6.45) is 1.07. The Labute approximate surface area is 109 Å². The lowest BCUT2D eigenvalue weighted by atomic mass is 10.2. The Kier molecular flexibility index (Phi) is 5.15. The van der Waals surface area contributed by atoms with E-state index in [9.17, 15) is 9.59 Å². The Morgan fingerprint density at radius 1 is 1.47 bits per heavy atom. The van der Waals surface area contributed by atoms with E-state index in [0.717, 1.165) is 10.8 Å². The fourth-order valence-corrected chi connectivity index (χ4v) is 1.52. The van der Waals surface area contributed by atoms with Crippen molar-refractivity contribution in [3.8, 4) is 5.75 Å². The van der Waals surface area contributed by atoms with E-state index in [4.69, 9.17) is 4.74 Å². The summed E-state index contributed by atoms with van der Waals surface area (Å²) in [5.74, 6) is 0.597. The second-order valence-corrected chi connectivity index (χ2v) is 4.54. The minimum atomic E-state index is 0.0118. The van der Waals surface area contributed by atoms with Crippen LogP contribution in [0.4, 0.5) is 0 Å². The van der Waals surface area contributed by atoms with Crippen LogP contribution in [0, 0.1) is 0 Å². The van der Waals surface area contributed by atoms with Crippen LogP contribution in [0.2, 0.25) is 0 Å². The summed E-state index contributed by atoms with van der Waals surface area (Å²) in [7, 11) is 3.40. The molecule has 0 aliphatic carbocycles. The van der Waals surface area contributed by atoms with Crippen molar-refractivity contribution in [2.75, 3.05) is 20.7 Å². The Bertz CT molecular complexity index is 418. The third-order valence-electron chi connectivity index (χ3n) is 2.18. The van der Waals surface area contributed by atoms with Gasteiger partial charge < -0.3 is 9.64 Å². The zero-order valence-electron chi connectivity index (χ0n) is 9.77. The van der Waals surface area contributed by atoms with Crippen molar-refractivity contribution in [1.29, 1.82) is 0 Å². The summed E-state index contributed by atoms with van der Waals surface area (Å²) >= 11 is 3.25. The summed E-state index contributed by atoms with van der Waals surface area (Å²) in [5, 5.41) is 0. The van der Waals surface area contributed by atoms with E-state index in [1.54, 1.807) is 32.3 Å². The second-order valence-electron chi connectivity index (χ2n) is 3.69. The maximum atomic E-state index is 11.3. The van der Waals surface area contributed by atoms with Gasteiger partial charge in [-0.3, -0.25) is 9.59 Å². The molecule has 0 N–H and O–H groups in total. The summed E-state index contributed by atoms with van der Waals surface area (Å²) in [5.41, 5.74) is 0.529. The topological polar surface area (TPSA) is 46.6 Å². The average molecular weight is 300 g/mol. The SMILES string of the molecule is CN(C)C(=O)CCOc1ccc(Br)c(C=O)c1. The highest BCUT2D eigenvalue weighted by Crippen LogP contribution is 2.21. The minimum Gasteiger partial charge on any atom is -0.493 e. The fourth-order valence-electron chi connectivity index (χ4n) is 1.18. The number of ether oxygens (including phenoxy) is 1. The molecular weight excluding hydrogens is 286 g/mol. The molecule has 5 heteroatoms. The smallest absolute Gasteiger partial charge is 0.225 e. The molecule has 0 bridgehead atoms. The van der Waals surface area contributed by atoms with Crippen LogP contribution in [-0.2, 0) is 4.79 Å². The molecule has 0 spiro atoms. The van der Waals surface area contributed by atoms with Gasteiger partial charge in [-0.15, -0.1) is 0 Å². The van der Waals surface area contributed by atoms with Gasteiger partial charge in [0.1, 0.15) is 5.75 Å². The molecule has 1 rings (SSSR count). The van der Waals surface area contributed by atoms with Gasteiger partial charge in [-0.1, -0.05) is 15.9 Å². The quantitative estimate of drug-likeness (QED) is 0.783. The van der Waals surface area contributed by atoms with Crippen molar-refractivity contribution in [1.82, 2.24) is 4.90 Å². The normalized spacial score (nSPS) is 9.82. The van der Waals surface area contributed by atoms with E-state index < -0.39 is 0 Å². The second kappa shape index (κ2) is 6.39. The van der Waals surface area contributed by atoms with Crippen LogP contribution in [0.15, 0.2) is 22.7 Å². The molecule has 17 heavy (non-hydrogen) atoms. The molecule has 0 heterocycles. The molecule has 0 saturated carbocycles. The summed E-state index contributed by atoms with van der Waals surface area (Å²) in [4.78, 5) is 23.5. The number of rotatable bonds is 5. The Hall–Kier alpha value is -1.36. The molecule has 0 fully saturated rings. The first-order chi connectivity index (χ1) is 8.04. The van der Waals surface area contributed by atoms with Crippen molar-refractivity contribution in [2.24, 2.45) is 0 Å². The van der Waals surface area contributed by atoms with Gasteiger partial charge in [0.15, 0.2) is 6.29 Å². The number of benzene rings is 1. The molecule has 0 aliphatic heterocycles. The lowest BCUT2D eigenvalue weighted by Gasteiger charge is -2.11. The van der Waals surface area contributed by atoms with Gasteiger partial charge in [0, 0.05) is 24.1 Å². The summed E-state index contributed by atoms with van der Waals surface area (Å²) < 4.78 is 6.12. The molecule has 4 nitrogen and oxygen atoms in total. The number of nitrogens with zero attached hydrogens (tertiary/aromatic N) is 1. The number of carbonyl (C=O) groups is 2. The zero-order valence-corrected chi connectivity index (χ0v) is 11.4. The van der Waals surface area contributed by atoms with Gasteiger partial charge >= 0.3 is 0 Å². The van der Waals surface area contributed by atoms with Gasteiger partial charge in [0.05, 0.1) is 13.0 Å². The van der Waals surface area contributed by atoms with Gasteiger partial charge in [-0.05, 0) is 18.2 Å². The van der Waals surface area contributed by atoms with Crippen molar-refractivity contribution in [3.05, 3.63) is 28.2 Å². The highest BCUT2D eigenvalue weighted by atomic mass is 79.9. The summed E-state index contributed by atoms with van der Waals surface area (Å²) in [6.45, 7) is 0.303. The lowest BCUT2D eigenvalue weighted by Crippen LogP contribution is -2.23. The van der Waals surface area contributed by atoms with E-state index in [1.807, 2.05) is 0 Å². The molecule has 0 unspecified atom stereocenters. The van der Waals surface area contributed by atoms with Crippen LogP contribution in [0.1, 0.15) is 16.8 Å². The van der Waals surface area contributed by atoms with Crippen molar-refractivity contribution in [2.45, 2.75) is 6.42 Å². The van der Waals surface area contributed by atoms with E-state index in [0.29, 0.717) is 24.3 Å². The van der Waals surface area contributed by atoms with Crippen LogP contribution in [-0.4, -0.2) is 37.8 Å². The maximum Gasteiger partial charge on any atom is 0.225 e. The highest BCUT2D eigenvalue weighted by molar-refractivity contribution is 9.10. The van der Waals surface area contributed by atoms with E-state index in [1.165, 1.54) is 4.90 Å². The van der Waals surface area contributed by atoms with E-state index in [-0.39, 0.29) is 5.91 Å². The highest BCUT2D eigenvalue weighted by Gasteiger charge is 2.05. The largest absolute Gasteiger partial charge is 0.493 e. The number of hydrogen-bond acceptors (Lipinski definition) is 3. The van der Waals surface area contributed by atoms with Crippen LogP contribution >= 0.6 is 15.9 Å². The molecule has 92 valence electrons. The molecule has 0 radical (unpaired) electrons. The van der Waals surface area contributed by atoms with Crippen molar-refractivity contribution < 1.29 is 14.3 Å². The Morgan fingerprint density at radius 2 is 2.18 bits per heavy atom. The fraction of sp³-hybridized carbons (Fsp3) is 0.333.